The molecule has 1 heterocycles. The van der Waals surface area contributed by atoms with Gasteiger partial charge in [-0.1, -0.05) is 23.9 Å². The number of aliphatic hydroxyl groups excluding tert-OH is 1. The Morgan fingerprint density at radius 2 is 2.00 bits per heavy atom. The van der Waals surface area contributed by atoms with Crippen LogP contribution < -0.4 is 0 Å². The molecule has 16 heavy (non-hydrogen) atoms. The molecule has 4 heteroatoms. The number of aliphatic hydroxyl groups is 1. The standard InChI is InChI=1S/C12H14N2OS/c1-9(15)10-3-5-11(6-4-10)16-12-13-7-8-14(12)2/h3-9,15H,1-2H3/t9-/m0/s1. The van der Waals surface area contributed by atoms with Crippen LogP contribution in [-0.2, 0) is 7.05 Å². The summed E-state index contributed by atoms with van der Waals surface area (Å²) in [5.74, 6) is 0. The van der Waals surface area contributed by atoms with Gasteiger partial charge in [-0.05, 0) is 24.6 Å². The SMILES string of the molecule is C[C@H](O)c1ccc(Sc2nccn2C)cc1. The van der Waals surface area contributed by atoms with E-state index in [1.165, 1.54) is 0 Å². The minimum Gasteiger partial charge on any atom is -0.389 e. The number of hydrogen-bond acceptors (Lipinski definition) is 3. The second-order valence-corrected chi connectivity index (χ2v) is 4.71. The summed E-state index contributed by atoms with van der Waals surface area (Å²) in [7, 11) is 1.97. The lowest BCUT2D eigenvalue weighted by molar-refractivity contribution is 0.199. The molecule has 3 nitrogen and oxygen atoms in total. The number of benzene rings is 1. The largest absolute Gasteiger partial charge is 0.389 e. The predicted molar refractivity (Wildman–Crippen MR) is 64.4 cm³/mol. The molecule has 0 aliphatic carbocycles. The van der Waals surface area contributed by atoms with Gasteiger partial charge in [0.1, 0.15) is 0 Å². The molecule has 0 aliphatic heterocycles. The highest BCUT2D eigenvalue weighted by Gasteiger charge is 2.04. The molecule has 0 saturated carbocycles. The minimum absolute atomic E-state index is 0.410. The van der Waals surface area contributed by atoms with Crippen molar-refractivity contribution < 1.29 is 5.11 Å². The summed E-state index contributed by atoms with van der Waals surface area (Å²) < 4.78 is 1.98. The van der Waals surface area contributed by atoms with Crippen LogP contribution in [0.4, 0.5) is 0 Å². The lowest BCUT2D eigenvalue weighted by Crippen LogP contribution is -1.91. The van der Waals surface area contributed by atoms with E-state index < -0.39 is 6.10 Å². The zero-order valence-electron chi connectivity index (χ0n) is 9.29. The molecule has 84 valence electrons. The summed E-state index contributed by atoms with van der Waals surface area (Å²) in [6, 6.07) is 7.88. The van der Waals surface area contributed by atoms with Crippen LogP contribution in [0.25, 0.3) is 0 Å². The first-order valence-corrected chi connectivity index (χ1v) is 5.91. The molecule has 0 fully saturated rings. The normalized spacial score (nSPS) is 12.7. The fourth-order valence-corrected chi connectivity index (χ4v) is 2.17. The topological polar surface area (TPSA) is 38.1 Å². The fourth-order valence-electron chi connectivity index (χ4n) is 1.37. The maximum Gasteiger partial charge on any atom is 0.172 e. The van der Waals surface area contributed by atoms with Crippen LogP contribution in [0, 0.1) is 0 Å². The third kappa shape index (κ3) is 2.46. The molecule has 1 N–H and O–H groups in total. The van der Waals surface area contributed by atoms with Crippen LogP contribution in [0.3, 0.4) is 0 Å². The third-order valence-electron chi connectivity index (χ3n) is 2.35. The summed E-state index contributed by atoms with van der Waals surface area (Å²) in [5, 5.41) is 10.4. The Hall–Kier alpha value is -1.26. The molecule has 1 atom stereocenters. The first kappa shape index (κ1) is 11.2. The molecule has 2 aromatic rings. The van der Waals surface area contributed by atoms with Gasteiger partial charge in [0.25, 0.3) is 0 Å². The smallest absolute Gasteiger partial charge is 0.172 e. The van der Waals surface area contributed by atoms with Crippen molar-refractivity contribution in [2.24, 2.45) is 7.05 Å². The maximum absolute atomic E-state index is 9.39. The van der Waals surface area contributed by atoms with Crippen LogP contribution in [0.2, 0.25) is 0 Å². The van der Waals surface area contributed by atoms with E-state index in [0.29, 0.717) is 0 Å². The van der Waals surface area contributed by atoms with Crippen molar-refractivity contribution in [3.8, 4) is 0 Å². The first-order chi connectivity index (χ1) is 7.66. The monoisotopic (exact) mass is 234 g/mol. The summed E-state index contributed by atoms with van der Waals surface area (Å²) >= 11 is 1.61. The second kappa shape index (κ2) is 4.72. The third-order valence-corrected chi connectivity index (χ3v) is 3.43. The van der Waals surface area contributed by atoms with E-state index in [4.69, 9.17) is 0 Å². The second-order valence-electron chi connectivity index (χ2n) is 3.67. The van der Waals surface area contributed by atoms with Crippen molar-refractivity contribution in [2.45, 2.75) is 23.1 Å². The van der Waals surface area contributed by atoms with Gasteiger partial charge in [-0.3, -0.25) is 0 Å². The molecule has 2 rings (SSSR count). The summed E-state index contributed by atoms with van der Waals surface area (Å²) in [4.78, 5) is 5.37. The minimum atomic E-state index is -0.410. The van der Waals surface area contributed by atoms with Gasteiger partial charge in [-0.2, -0.15) is 0 Å². The molecule has 0 unspecified atom stereocenters. The number of aromatic nitrogens is 2. The number of aryl methyl sites for hydroxylation is 1. The zero-order chi connectivity index (χ0) is 11.5. The Labute approximate surface area is 99.1 Å². The van der Waals surface area contributed by atoms with E-state index in [1.54, 1.807) is 24.9 Å². The van der Waals surface area contributed by atoms with Crippen molar-refractivity contribution in [3.05, 3.63) is 42.2 Å². The lowest BCUT2D eigenvalue weighted by atomic mass is 10.1. The maximum atomic E-state index is 9.39. The molecule has 0 radical (unpaired) electrons. The van der Waals surface area contributed by atoms with E-state index in [2.05, 4.69) is 4.98 Å². The highest BCUT2D eigenvalue weighted by Crippen LogP contribution is 2.26. The van der Waals surface area contributed by atoms with Gasteiger partial charge < -0.3 is 9.67 Å². The highest BCUT2D eigenvalue weighted by molar-refractivity contribution is 7.99. The van der Waals surface area contributed by atoms with Gasteiger partial charge in [0.2, 0.25) is 0 Å². The summed E-state index contributed by atoms with van der Waals surface area (Å²) in [6.07, 6.45) is 3.30. The van der Waals surface area contributed by atoms with Crippen molar-refractivity contribution in [3.63, 3.8) is 0 Å². The molecular formula is C12H14N2OS. The number of hydrogen-bond donors (Lipinski definition) is 1. The highest BCUT2D eigenvalue weighted by atomic mass is 32.2. The van der Waals surface area contributed by atoms with Gasteiger partial charge in [-0.15, -0.1) is 0 Å². The molecule has 1 aromatic carbocycles. The van der Waals surface area contributed by atoms with Crippen molar-refractivity contribution in [2.75, 3.05) is 0 Å². The Morgan fingerprint density at radius 1 is 1.31 bits per heavy atom. The van der Waals surface area contributed by atoms with E-state index >= 15 is 0 Å². The van der Waals surface area contributed by atoms with Crippen molar-refractivity contribution >= 4 is 11.8 Å². The summed E-state index contributed by atoms with van der Waals surface area (Å²) in [5.41, 5.74) is 0.934. The van der Waals surface area contributed by atoms with Crippen LogP contribution in [0.1, 0.15) is 18.6 Å². The predicted octanol–water partition coefficient (Wildman–Crippen LogP) is 2.62. The Balaban J connectivity index is 2.14. The van der Waals surface area contributed by atoms with Crippen molar-refractivity contribution in [1.29, 1.82) is 0 Å². The van der Waals surface area contributed by atoms with Gasteiger partial charge >= 0.3 is 0 Å². The molecule has 1 aromatic heterocycles. The number of nitrogens with zero attached hydrogens (tertiary/aromatic N) is 2. The average Bonchev–Trinajstić information content (AvgIpc) is 2.65. The zero-order valence-corrected chi connectivity index (χ0v) is 10.1. The average molecular weight is 234 g/mol. The van der Waals surface area contributed by atoms with Crippen LogP contribution in [-0.4, -0.2) is 14.7 Å². The number of imidazole rings is 1. The van der Waals surface area contributed by atoms with E-state index in [-0.39, 0.29) is 0 Å². The van der Waals surface area contributed by atoms with Gasteiger partial charge in [0.05, 0.1) is 6.10 Å². The Morgan fingerprint density at radius 3 is 2.50 bits per heavy atom. The molecule has 0 amide bonds. The number of rotatable bonds is 3. The Kier molecular flexibility index (Phi) is 3.31. The van der Waals surface area contributed by atoms with Crippen molar-refractivity contribution in [1.82, 2.24) is 9.55 Å². The van der Waals surface area contributed by atoms with Crippen LogP contribution >= 0.6 is 11.8 Å². The van der Waals surface area contributed by atoms with E-state index in [1.807, 2.05) is 42.1 Å². The molecule has 0 saturated heterocycles. The fraction of sp³-hybridized carbons (Fsp3) is 0.250. The van der Waals surface area contributed by atoms with Gasteiger partial charge in [0.15, 0.2) is 5.16 Å². The van der Waals surface area contributed by atoms with E-state index in [0.717, 1.165) is 15.6 Å². The van der Waals surface area contributed by atoms with Gasteiger partial charge in [-0.25, -0.2) is 4.98 Å². The molecular weight excluding hydrogens is 220 g/mol. The Bertz CT molecular complexity index is 462. The lowest BCUT2D eigenvalue weighted by Gasteiger charge is -2.05. The molecule has 0 bridgehead atoms. The van der Waals surface area contributed by atoms with E-state index in [9.17, 15) is 5.11 Å². The van der Waals surface area contributed by atoms with Crippen LogP contribution in [0.15, 0.2) is 46.7 Å². The quantitative estimate of drug-likeness (QED) is 0.887. The summed E-state index contributed by atoms with van der Waals surface area (Å²) in [6.45, 7) is 1.76. The molecule has 0 aliphatic rings. The first-order valence-electron chi connectivity index (χ1n) is 5.10. The van der Waals surface area contributed by atoms with Crippen LogP contribution in [0.5, 0.6) is 0 Å². The van der Waals surface area contributed by atoms with Gasteiger partial charge in [0, 0.05) is 24.3 Å². The molecule has 0 spiro atoms.